The van der Waals surface area contributed by atoms with Gasteiger partial charge < -0.3 is 10.1 Å². The SMILES string of the molecule is COc1ccc(NC(=O)c2ccc(F)c(S(=O)(=O)N(C)C)c2)c(Cl)c1. The van der Waals surface area contributed by atoms with Gasteiger partial charge in [0.05, 0.1) is 17.8 Å². The average Bonchev–Trinajstić information content (AvgIpc) is 2.56. The van der Waals surface area contributed by atoms with Crippen LogP contribution in [0.25, 0.3) is 0 Å². The molecule has 6 nitrogen and oxygen atoms in total. The van der Waals surface area contributed by atoms with Crippen molar-refractivity contribution in [2.45, 2.75) is 4.90 Å². The number of hydrogen-bond donors (Lipinski definition) is 1. The van der Waals surface area contributed by atoms with Crippen molar-refractivity contribution in [2.75, 3.05) is 26.5 Å². The van der Waals surface area contributed by atoms with E-state index in [1.807, 2.05) is 0 Å². The van der Waals surface area contributed by atoms with Crippen LogP contribution in [-0.2, 0) is 10.0 Å². The van der Waals surface area contributed by atoms with Crippen LogP contribution in [0.4, 0.5) is 10.1 Å². The quantitative estimate of drug-likeness (QED) is 0.857. The first kappa shape index (κ1) is 19.2. The molecule has 0 fully saturated rings. The Hall–Kier alpha value is -2.16. The minimum atomic E-state index is -4.02. The topological polar surface area (TPSA) is 75.7 Å². The highest BCUT2D eigenvalue weighted by Crippen LogP contribution is 2.27. The monoisotopic (exact) mass is 386 g/mol. The van der Waals surface area contributed by atoms with Crippen LogP contribution < -0.4 is 10.1 Å². The lowest BCUT2D eigenvalue weighted by Crippen LogP contribution is -2.24. The second-order valence-electron chi connectivity index (χ2n) is 5.23. The zero-order valence-corrected chi connectivity index (χ0v) is 15.3. The van der Waals surface area contributed by atoms with E-state index in [-0.39, 0.29) is 10.6 Å². The first-order valence-electron chi connectivity index (χ1n) is 7.03. The van der Waals surface area contributed by atoms with Gasteiger partial charge in [-0.1, -0.05) is 11.6 Å². The number of rotatable bonds is 5. The summed E-state index contributed by atoms with van der Waals surface area (Å²) in [5.41, 5.74) is 0.294. The van der Waals surface area contributed by atoms with E-state index >= 15 is 0 Å². The highest BCUT2D eigenvalue weighted by atomic mass is 35.5. The third-order valence-corrected chi connectivity index (χ3v) is 5.52. The van der Waals surface area contributed by atoms with Crippen molar-refractivity contribution in [3.63, 3.8) is 0 Å². The molecule has 0 aliphatic rings. The molecule has 0 heterocycles. The molecule has 0 aliphatic carbocycles. The molecule has 1 N–H and O–H groups in total. The number of sulfonamides is 1. The molecule has 0 atom stereocenters. The molecule has 25 heavy (non-hydrogen) atoms. The maximum Gasteiger partial charge on any atom is 0.255 e. The van der Waals surface area contributed by atoms with Crippen LogP contribution in [0.2, 0.25) is 5.02 Å². The van der Waals surface area contributed by atoms with Crippen molar-refractivity contribution in [3.05, 3.63) is 52.8 Å². The van der Waals surface area contributed by atoms with E-state index in [0.29, 0.717) is 11.4 Å². The van der Waals surface area contributed by atoms with E-state index in [2.05, 4.69) is 5.32 Å². The van der Waals surface area contributed by atoms with Crippen LogP contribution in [0.5, 0.6) is 5.75 Å². The number of hydrogen-bond acceptors (Lipinski definition) is 4. The third-order valence-electron chi connectivity index (χ3n) is 3.38. The molecular formula is C16H16ClFN2O4S. The normalized spacial score (nSPS) is 11.4. The standard InChI is InChI=1S/C16H16ClFN2O4S/c1-20(2)25(22,23)15-8-10(4-6-13(15)18)16(21)19-14-7-5-11(24-3)9-12(14)17/h4-9H,1-3H3,(H,19,21). The van der Waals surface area contributed by atoms with Gasteiger partial charge in [-0.15, -0.1) is 0 Å². The zero-order valence-electron chi connectivity index (χ0n) is 13.7. The Kier molecular flexibility index (Phi) is 5.66. The number of benzene rings is 2. The van der Waals surface area contributed by atoms with Crippen LogP contribution in [0.15, 0.2) is 41.3 Å². The summed E-state index contributed by atoms with van der Waals surface area (Å²) in [7, 11) is 0.0163. The van der Waals surface area contributed by atoms with Gasteiger partial charge in [-0.2, -0.15) is 0 Å². The van der Waals surface area contributed by atoms with Gasteiger partial charge in [0.1, 0.15) is 16.5 Å². The lowest BCUT2D eigenvalue weighted by Gasteiger charge is -2.13. The lowest BCUT2D eigenvalue weighted by molar-refractivity contribution is 0.102. The minimum Gasteiger partial charge on any atom is -0.497 e. The number of carbonyl (C=O) groups excluding carboxylic acids is 1. The predicted molar refractivity (Wildman–Crippen MR) is 93.2 cm³/mol. The summed E-state index contributed by atoms with van der Waals surface area (Å²) in [6.45, 7) is 0. The van der Waals surface area contributed by atoms with Gasteiger partial charge in [-0.25, -0.2) is 17.1 Å². The van der Waals surface area contributed by atoms with Crippen molar-refractivity contribution < 1.29 is 22.3 Å². The number of methoxy groups -OCH3 is 1. The molecule has 0 bridgehead atoms. The maximum absolute atomic E-state index is 13.9. The van der Waals surface area contributed by atoms with E-state index in [4.69, 9.17) is 16.3 Å². The summed E-state index contributed by atoms with van der Waals surface area (Å²) in [6, 6.07) is 7.77. The highest BCUT2D eigenvalue weighted by Gasteiger charge is 2.23. The average molecular weight is 387 g/mol. The largest absolute Gasteiger partial charge is 0.497 e. The molecule has 0 aromatic heterocycles. The maximum atomic E-state index is 13.9. The van der Waals surface area contributed by atoms with Gasteiger partial charge in [0.2, 0.25) is 10.0 Å². The molecule has 2 aromatic carbocycles. The molecule has 2 rings (SSSR count). The Morgan fingerprint density at radius 1 is 1.20 bits per heavy atom. The summed E-state index contributed by atoms with van der Waals surface area (Å²) in [5, 5.41) is 2.79. The van der Waals surface area contributed by atoms with Crippen molar-refractivity contribution in [3.8, 4) is 5.75 Å². The molecular weight excluding hydrogens is 371 g/mol. The molecule has 9 heteroatoms. The van der Waals surface area contributed by atoms with Gasteiger partial charge in [0.15, 0.2) is 0 Å². The molecule has 1 amide bonds. The van der Waals surface area contributed by atoms with E-state index in [1.165, 1.54) is 33.3 Å². The molecule has 0 radical (unpaired) electrons. The van der Waals surface area contributed by atoms with Crippen LogP contribution in [0.3, 0.4) is 0 Å². The fourth-order valence-electron chi connectivity index (χ4n) is 1.96. The number of carbonyl (C=O) groups is 1. The second kappa shape index (κ2) is 7.38. The van der Waals surface area contributed by atoms with Crippen molar-refractivity contribution in [2.24, 2.45) is 0 Å². The van der Waals surface area contributed by atoms with Crippen LogP contribution in [0, 0.1) is 5.82 Å². The van der Waals surface area contributed by atoms with E-state index < -0.39 is 26.6 Å². The van der Waals surface area contributed by atoms with Crippen LogP contribution in [0.1, 0.15) is 10.4 Å². The predicted octanol–water partition coefficient (Wildman–Crippen LogP) is 2.99. The Labute approximate surface area is 150 Å². The summed E-state index contributed by atoms with van der Waals surface area (Å²) in [5.74, 6) is -1.04. The molecule has 0 saturated heterocycles. The van der Waals surface area contributed by atoms with Crippen molar-refractivity contribution in [1.82, 2.24) is 4.31 Å². The zero-order chi connectivity index (χ0) is 18.8. The fourth-order valence-corrected chi connectivity index (χ4v) is 3.16. The summed E-state index contributed by atoms with van der Waals surface area (Å²) >= 11 is 6.05. The molecule has 0 saturated carbocycles. The number of halogens is 2. The summed E-state index contributed by atoms with van der Waals surface area (Å²) in [4.78, 5) is 11.8. The second-order valence-corrected chi connectivity index (χ2v) is 7.76. The van der Waals surface area contributed by atoms with Gasteiger partial charge >= 0.3 is 0 Å². The van der Waals surface area contributed by atoms with Crippen LogP contribution in [-0.4, -0.2) is 39.8 Å². The fraction of sp³-hybridized carbons (Fsp3) is 0.188. The van der Waals surface area contributed by atoms with Gasteiger partial charge in [-0.3, -0.25) is 4.79 Å². The molecule has 2 aromatic rings. The van der Waals surface area contributed by atoms with Crippen molar-refractivity contribution in [1.29, 1.82) is 0 Å². The minimum absolute atomic E-state index is 0.0197. The first-order chi connectivity index (χ1) is 11.7. The first-order valence-corrected chi connectivity index (χ1v) is 8.85. The lowest BCUT2D eigenvalue weighted by atomic mass is 10.2. The number of nitrogens with one attached hydrogen (secondary N) is 1. The van der Waals surface area contributed by atoms with E-state index in [1.54, 1.807) is 12.1 Å². The number of ether oxygens (including phenoxy) is 1. The molecule has 0 unspecified atom stereocenters. The Bertz CT molecular complexity index is 916. The summed E-state index contributed by atoms with van der Waals surface area (Å²) in [6.07, 6.45) is 0. The number of amides is 1. The van der Waals surface area contributed by atoms with E-state index in [9.17, 15) is 17.6 Å². The molecule has 134 valence electrons. The van der Waals surface area contributed by atoms with Gasteiger partial charge in [0.25, 0.3) is 5.91 Å². The highest BCUT2D eigenvalue weighted by molar-refractivity contribution is 7.89. The molecule has 0 spiro atoms. The van der Waals surface area contributed by atoms with Gasteiger partial charge in [-0.05, 0) is 30.3 Å². The van der Waals surface area contributed by atoms with E-state index in [0.717, 1.165) is 16.4 Å². The molecule has 0 aliphatic heterocycles. The summed E-state index contributed by atoms with van der Waals surface area (Å²) < 4.78 is 44.0. The van der Waals surface area contributed by atoms with Gasteiger partial charge in [0, 0.05) is 25.7 Å². The smallest absolute Gasteiger partial charge is 0.255 e. The van der Waals surface area contributed by atoms with Crippen molar-refractivity contribution >= 4 is 33.2 Å². The Morgan fingerprint density at radius 3 is 2.44 bits per heavy atom. The number of anilines is 1. The Balaban J connectivity index is 2.35. The Morgan fingerprint density at radius 2 is 1.88 bits per heavy atom. The number of nitrogens with zero attached hydrogens (tertiary/aromatic N) is 1. The van der Waals surface area contributed by atoms with Crippen LogP contribution >= 0.6 is 11.6 Å². The third kappa shape index (κ3) is 4.09.